The van der Waals surface area contributed by atoms with Gasteiger partial charge in [0.1, 0.15) is 6.07 Å². The molecule has 5 heteroatoms. The highest BCUT2D eigenvalue weighted by Crippen LogP contribution is 2.04. The first-order chi connectivity index (χ1) is 10.2. The Morgan fingerprint density at radius 3 is 1.95 bits per heavy atom. The van der Waals surface area contributed by atoms with Crippen LogP contribution in [-0.4, -0.2) is 17.5 Å². The summed E-state index contributed by atoms with van der Waals surface area (Å²) < 4.78 is 0. The zero-order valence-electron chi connectivity index (χ0n) is 10.9. The van der Waals surface area contributed by atoms with Crippen molar-refractivity contribution in [2.75, 3.05) is 0 Å². The fourth-order valence-corrected chi connectivity index (χ4v) is 1.55. The average molecular weight is 278 g/mol. The minimum Gasteiger partial charge on any atom is -0.311 e. The van der Waals surface area contributed by atoms with E-state index in [1.165, 1.54) is 0 Å². The van der Waals surface area contributed by atoms with E-state index in [1.807, 2.05) is 0 Å². The molecule has 2 rings (SSSR count). The number of nitrogens with zero attached hydrogens (tertiary/aromatic N) is 2. The van der Waals surface area contributed by atoms with Gasteiger partial charge in [-0.2, -0.15) is 5.26 Å². The van der Waals surface area contributed by atoms with E-state index in [0.717, 1.165) is 0 Å². The molecule has 0 amide bonds. The summed E-state index contributed by atoms with van der Waals surface area (Å²) in [6.45, 7) is 0. The summed E-state index contributed by atoms with van der Waals surface area (Å²) in [7, 11) is 0. The second-order valence-corrected chi connectivity index (χ2v) is 3.99. The van der Waals surface area contributed by atoms with Gasteiger partial charge in [0.05, 0.1) is 5.56 Å². The number of hydrogen-bond acceptors (Lipinski definition) is 5. The van der Waals surface area contributed by atoms with Gasteiger partial charge < -0.3 is 4.84 Å². The van der Waals surface area contributed by atoms with Gasteiger partial charge in [0, 0.05) is 5.56 Å². The molecule has 0 aromatic heterocycles. The first-order valence-electron chi connectivity index (χ1n) is 6.06. The van der Waals surface area contributed by atoms with Crippen LogP contribution in [0.2, 0.25) is 0 Å². The lowest BCUT2D eigenvalue weighted by Gasteiger charge is -1.99. The van der Waals surface area contributed by atoms with Crippen LogP contribution in [0, 0.1) is 11.3 Å². The lowest BCUT2D eigenvalue weighted by molar-refractivity contribution is 0.0516. The van der Waals surface area contributed by atoms with Crippen molar-refractivity contribution in [2.45, 2.75) is 0 Å². The van der Waals surface area contributed by atoms with Crippen molar-refractivity contribution >= 4 is 17.5 Å². The van der Waals surface area contributed by atoms with Crippen LogP contribution in [0.4, 0.5) is 0 Å². The molecule has 0 aliphatic carbocycles. The molecule has 0 spiro atoms. The topological polar surface area (TPSA) is 79.5 Å². The first-order valence-corrected chi connectivity index (χ1v) is 6.06. The van der Waals surface area contributed by atoms with Crippen molar-refractivity contribution in [3.05, 3.63) is 71.8 Å². The number of benzene rings is 2. The second kappa shape index (κ2) is 6.78. The maximum Gasteiger partial charge on any atom is 0.365 e. The zero-order valence-corrected chi connectivity index (χ0v) is 10.9. The number of Topliss-reactive ketones (excluding diaryl/α,β-unsaturated/α-hetero) is 1. The minimum atomic E-state index is -0.732. The molecule has 0 atom stereocenters. The average Bonchev–Trinajstić information content (AvgIpc) is 2.56. The van der Waals surface area contributed by atoms with Gasteiger partial charge in [0.2, 0.25) is 11.5 Å². The molecule has 0 bridgehead atoms. The monoisotopic (exact) mass is 278 g/mol. The van der Waals surface area contributed by atoms with E-state index in [-0.39, 0.29) is 5.56 Å². The Balaban J connectivity index is 2.13. The van der Waals surface area contributed by atoms with E-state index in [9.17, 15) is 9.59 Å². The number of carbonyl (C=O) groups excluding carboxylic acids is 2. The highest BCUT2D eigenvalue weighted by molar-refractivity contribution is 6.51. The molecule has 0 aliphatic rings. The summed E-state index contributed by atoms with van der Waals surface area (Å²) in [5.74, 6) is -1.33. The fourth-order valence-electron chi connectivity index (χ4n) is 1.55. The summed E-state index contributed by atoms with van der Waals surface area (Å²) in [6.07, 6.45) is 0. The number of nitriles is 1. The van der Waals surface area contributed by atoms with Crippen LogP contribution in [0.25, 0.3) is 0 Å². The Kier molecular flexibility index (Phi) is 4.57. The summed E-state index contributed by atoms with van der Waals surface area (Å²) >= 11 is 0. The van der Waals surface area contributed by atoms with Crippen molar-refractivity contribution in [1.82, 2.24) is 0 Å². The van der Waals surface area contributed by atoms with E-state index in [4.69, 9.17) is 5.26 Å². The molecular weight excluding hydrogens is 268 g/mol. The third-order valence-corrected chi connectivity index (χ3v) is 2.59. The van der Waals surface area contributed by atoms with E-state index in [0.29, 0.717) is 5.56 Å². The Morgan fingerprint density at radius 2 is 1.43 bits per heavy atom. The van der Waals surface area contributed by atoms with Crippen LogP contribution in [0.15, 0.2) is 65.8 Å². The number of ketones is 1. The maximum atomic E-state index is 12.0. The standard InChI is InChI=1S/C16H10N2O3/c17-11-14(15(19)12-7-3-1-4-8-12)18-21-16(20)13-9-5-2-6-10-13/h1-10H/b18-14-. The molecule has 0 saturated carbocycles. The number of rotatable bonds is 4. The van der Waals surface area contributed by atoms with Gasteiger partial charge in [0.25, 0.3) is 0 Å². The van der Waals surface area contributed by atoms with Crippen LogP contribution in [0.5, 0.6) is 0 Å². The van der Waals surface area contributed by atoms with E-state index >= 15 is 0 Å². The molecule has 0 unspecified atom stereocenters. The third-order valence-electron chi connectivity index (χ3n) is 2.59. The van der Waals surface area contributed by atoms with Crippen LogP contribution >= 0.6 is 0 Å². The predicted molar refractivity (Wildman–Crippen MR) is 75.7 cm³/mol. The Bertz CT molecular complexity index is 716. The maximum absolute atomic E-state index is 12.0. The number of hydrogen-bond donors (Lipinski definition) is 0. The van der Waals surface area contributed by atoms with Crippen molar-refractivity contribution in [1.29, 1.82) is 5.26 Å². The van der Waals surface area contributed by atoms with Crippen LogP contribution in [-0.2, 0) is 4.84 Å². The number of oxime groups is 1. The molecule has 5 nitrogen and oxygen atoms in total. The molecule has 21 heavy (non-hydrogen) atoms. The highest BCUT2D eigenvalue weighted by Gasteiger charge is 2.15. The fraction of sp³-hybridized carbons (Fsp3) is 0. The summed E-state index contributed by atoms with van der Waals surface area (Å²) in [4.78, 5) is 28.3. The Labute approximate surface area is 121 Å². The third kappa shape index (κ3) is 3.61. The molecule has 0 radical (unpaired) electrons. The first kappa shape index (κ1) is 14.2. The smallest absolute Gasteiger partial charge is 0.311 e. The minimum absolute atomic E-state index is 0.283. The van der Waals surface area contributed by atoms with E-state index in [1.54, 1.807) is 66.7 Å². The lowest BCUT2D eigenvalue weighted by atomic mass is 10.1. The zero-order chi connectivity index (χ0) is 15.1. The molecule has 2 aromatic carbocycles. The van der Waals surface area contributed by atoms with E-state index in [2.05, 4.69) is 9.99 Å². The Hall–Kier alpha value is -3.26. The van der Waals surface area contributed by atoms with Crippen LogP contribution < -0.4 is 0 Å². The van der Waals surface area contributed by atoms with Gasteiger partial charge >= 0.3 is 5.97 Å². The molecule has 0 aliphatic heterocycles. The molecule has 0 saturated heterocycles. The van der Waals surface area contributed by atoms with Gasteiger partial charge in [0.15, 0.2) is 0 Å². The summed E-state index contributed by atoms with van der Waals surface area (Å²) in [5.41, 5.74) is 0.102. The lowest BCUT2D eigenvalue weighted by Crippen LogP contribution is -2.14. The summed E-state index contributed by atoms with van der Waals surface area (Å²) in [5, 5.41) is 12.3. The summed E-state index contributed by atoms with van der Waals surface area (Å²) in [6, 6.07) is 18.0. The Morgan fingerprint density at radius 1 is 0.905 bits per heavy atom. The molecule has 0 N–H and O–H groups in total. The molecular formula is C16H10N2O3. The quantitative estimate of drug-likeness (QED) is 0.372. The van der Waals surface area contributed by atoms with Gasteiger partial charge in [-0.3, -0.25) is 4.79 Å². The SMILES string of the molecule is N#C/C(=N/OC(=O)c1ccccc1)C(=O)c1ccccc1. The highest BCUT2D eigenvalue weighted by atomic mass is 16.7. The van der Waals surface area contributed by atoms with E-state index < -0.39 is 17.5 Å². The van der Waals surface area contributed by atoms with Gasteiger partial charge in [-0.1, -0.05) is 53.7 Å². The van der Waals surface area contributed by atoms with Crippen molar-refractivity contribution in [2.24, 2.45) is 5.16 Å². The van der Waals surface area contributed by atoms with Crippen molar-refractivity contribution in [3.8, 4) is 6.07 Å². The molecule has 0 heterocycles. The molecule has 102 valence electrons. The van der Waals surface area contributed by atoms with Crippen molar-refractivity contribution < 1.29 is 14.4 Å². The van der Waals surface area contributed by atoms with Crippen LogP contribution in [0.3, 0.4) is 0 Å². The molecule has 2 aromatic rings. The van der Waals surface area contributed by atoms with Crippen molar-refractivity contribution in [3.63, 3.8) is 0 Å². The van der Waals surface area contributed by atoms with Gasteiger partial charge in [-0.15, -0.1) is 0 Å². The predicted octanol–water partition coefficient (Wildman–Crippen LogP) is 2.61. The number of carbonyl (C=O) groups is 2. The molecule has 0 fully saturated rings. The largest absolute Gasteiger partial charge is 0.365 e. The second-order valence-electron chi connectivity index (χ2n) is 3.99. The van der Waals surface area contributed by atoms with Crippen LogP contribution in [0.1, 0.15) is 20.7 Å². The van der Waals surface area contributed by atoms with Gasteiger partial charge in [-0.05, 0) is 12.1 Å². The normalized spacial score (nSPS) is 10.5. The van der Waals surface area contributed by atoms with Gasteiger partial charge in [-0.25, -0.2) is 4.79 Å².